The molecule has 8 nitrogen and oxygen atoms in total. The molecule has 0 unspecified atom stereocenters. The van der Waals surface area contributed by atoms with Crippen LogP contribution in [0, 0.1) is 6.92 Å². The Kier molecular flexibility index (Phi) is 6.36. The Labute approximate surface area is 173 Å². The lowest BCUT2D eigenvalue weighted by Gasteiger charge is -2.07. The molecule has 1 amide bonds. The third-order valence-corrected chi connectivity index (χ3v) is 4.68. The van der Waals surface area contributed by atoms with Crippen molar-refractivity contribution in [1.82, 2.24) is 9.99 Å². The van der Waals surface area contributed by atoms with E-state index in [0.29, 0.717) is 12.4 Å². The number of amides is 1. The number of phenolic OH excluding ortho intramolecular Hbond substituents is 1. The highest BCUT2D eigenvalue weighted by molar-refractivity contribution is 6.02. The van der Waals surface area contributed by atoms with Gasteiger partial charge >= 0.3 is 5.97 Å². The van der Waals surface area contributed by atoms with Gasteiger partial charge in [-0.3, -0.25) is 9.59 Å². The van der Waals surface area contributed by atoms with E-state index in [1.54, 1.807) is 13.0 Å². The molecular weight excluding hydrogens is 386 g/mol. The SMILES string of the molecule is CCOC(=O)Cn1c(C)c(/C=N\NC(=O)c2ccc(OC)cc2O)c2ccccc21. The Morgan fingerprint density at radius 2 is 2.00 bits per heavy atom. The van der Waals surface area contributed by atoms with Crippen molar-refractivity contribution in [3.05, 3.63) is 59.3 Å². The number of methoxy groups -OCH3 is 1. The molecular formula is C22H23N3O5. The third kappa shape index (κ3) is 4.27. The van der Waals surface area contributed by atoms with Crippen LogP contribution in [0.3, 0.4) is 0 Å². The number of phenols is 1. The first-order valence-corrected chi connectivity index (χ1v) is 9.40. The van der Waals surface area contributed by atoms with Crippen LogP contribution in [-0.4, -0.2) is 41.5 Å². The third-order valence-electron chi connectivity index (χ3n) is 4.68. The average molecular weight is 409 g/mol. The first-order valence-electron chi connectivity index (χ1n) is 9.40. The number of fused-ring (bicyclic) bond motifs is 1. The highest BCUT2D eigenvalue weighted by atomic mass is 16.5. The average Bonchev–Trinajstić information content (AvgIpc) is 2.99. The van der Waals surface area contributed by atoms with Crippen LogP contribution in [0.2, 0.25) is 0 Å². The predicted octanol–water partition coefficient (Wildman–Crippen LogP) is 2.99. The summed E-state index contributed by atoms with van der Waals surface area (Å²) >= 11 is 0. The smallest absolute Gasteiger partial charge is 0.325 e. The van der Waals surface area contributed by atoms with E-state index in [4.69, 9.17) is 9.47 Å². The number of benzene rings is 2. The van der Waals surface area contributed by atoms with Crippen LogP contribution in [0.25, 0.3) is 10.9 Å². The zero-order chi connectivity index (χ0) is 21.7. The van der Waals surface area contributed by atoms with Gasteiger partial charge in [0.25, 0.3) is 5.91 Å². The van der Waals surface area contributed by atoms with Crippen LogP contribution < -0.4 is 10.2 Å². The topological polar surface area (TPSA) is 102 Å². The molecule has 0 fully saturated rings. The normalized spacial score (nSPS) is 11.0. The maximum absolute atomic E-state index is 12.3. The Morgan fingerprint density at radius 3 is 2.70 bits per heavy atom. The lowest BCUT2D eigenvalue weighted by atomic mass is 10.1. The number of rotatable bonds is 7. The van der Waals surface area contributed by atoms with Gasteiger partial charge in [0.15, 0.2) is 0 Å². The zero-order valence-electron chi connectivity index (χ0n) is 17.0. The van der Waals surface area contributed by atoms with Gasteiger partial charge in [-0.2, -0.15) is 5.10 Å². The number of carbonyl (C=O) groups is 2. The molecule has 0 aliphatic carbocycles. The van der Waals surface area contributed by atoms with Crippen molar-refractivity contribution in [2.24, 2.45) is 5.10 Å². The van der Waals surface area contributed by atoms with Crippen molar-refractivity contribution in [1.29, 1.82) is 0 Å². The Bertz CT molecular complexity index is 1120. The molecule has 2 N–H and O–H groups in total. The molecule has 0 spiro atoms. The van der Waals surface area contributed by atoms with E-state index in [-0.39, 0.29) is 23.8 Å². The van der Waals surface area contributed by atoms with Crippen LogP contribution >= 0.6 is 0 Å². The van der Waals surface area contributed by atoms with E-state index in [1.165, 1.54) is 25.5 Å². The number of hydrogen-bond acceptors (Lipinski definition) is 6. The fraction of sp³-hybridized carbons (Fsp3) is 0.227. The molecule has 0 aliphatic heterocycles. The minimum absolute atomic E-state index is 0.0782. The number of para-hydroxylation sites is 1. The number of carbonyl (C=O) groups excluding carboxylic acids is 2. The molecule has 0 atom stereocenters. The van der Waals surface area contributed by atoms with E-state index < -0.39 is 5.91 Å². The standard InChI is InChI=1S/C22H23N3O5/c1-4-30-21(27)13-25-14(2)18(16-7-5-6-8-19(16)25)12-23-24-22(28)17-10-9-15(29-3)11-20(17)26/h5-12,26H,4,13H2,1-3H3,(H,24,28)/b23-12-. The van der Waals surface area contributed by atoms with E-state index in [1.807, 2.05) is 35.8 Å². The van der Waals surface area contributed by atoms with Crippen LogP contribution in [-0.2, 0) is 16.1 Å². The molecule has 3 rings (SSSR count). The maximum atomic E-state index is 12.3. The summed E-state index contributed by atoms with van der Waals surface area (Å²) < 4.78 is 11.9. The van der Waals surface area contributed by atoms with Crippen molar-refractivity contribution < 1.29 is 24.2 Å². The molecule has 0 bridgehead atoms. The number of ether oxygens (including phenoxy) is 2. The molecule has 30 heavy (non-hydrogen) atoms. The number of nitrogens with zero attached hydrogens (tertiary/aromatic N) is 2. The van der Waals surface area contributed by atoms with Crippen molar-refractivity contribution in [2.45, 2.75) is 20.4 Å². The van der Waals surface area contributed by atoms with Gasteiger partial charge < -0.3 is 19.1 Å². The quantitative estimate of drug-likeness (QED) is 0.355. The van der Waals surface area contributed by atoms with Gasteiger partial charge in [0.1, 0.15) is 18.0 Å². The van der Waals surface area contributed by atoms with Gasteiger partial charge in [0.05, 0.1) is 25.5 Å². The molecule has 0 radical (unpaired) electrons. The van der Waals surface area contributed by atoms with Gasteiger partial charge in [-0.1, -0.05) is 18.2 Å². The molecule has 3 aromatic rings. The number of nitrogens with one attached hydrogen (secondary N) is 1. The highest BCUT2D eigenvalue weighted by Gasteiger charge is 2.16. The largest absolute Gasteiger partial charge is 0.507 e. The Morgan fingerprint density at radius 1 is 1.23 bits per heavy atom. The second-order valence-corrected chi connectivity index (χ2v) is 6.49. The number of aromatic hydroxyl groups is 1. The number of esters is 1. The maximum Gasteiger partial charge on any atom is 0.325 e. The summed E-state index contributed by atoms with van der Waals surface area (Å²) in [4.78, 5) is 24.3. The molecule has 8 heteroatoms. The van der Waals surface area contributed by atoms with Crippen molar-refractivity contribution >= 4 is 29.0 Å². The minimum atomic E-state index is -0.556. The molecule has 0 saturated carbocycles. The molecule has 1 heterocycles. The molecule has 1 aromatic heterocycles. The van der Waals surface area contributed by atoms with Crippen molar-refractivity contribution in [2.75, 3.05) is 13.7 Å². The van der Waals surface area contributed by atoms with Gasteiger partial charge in [-0.15, -0.1) is 0 Å². The summed E-state index contributed by atoms with van der Waals surface area (Å²) in [6.45, 7) is 4.04. The first kappa shape index (κ1) is 20.9. The van der Waals surface area contributed by atoms with E-state index >= 15 is 0 Å². The summed E-state index contributed by atoms with van der Waals surface area (Å²) in [7, 11) is 1.47. The predicted molar refractivity (Wildman–Crippen MR) is 113 cm³/mol. The molecule has 2 aromatic carbocycles. The number of aromatic nitrogens is 1. The van der Waals surface area contributed by atoms with Gasteiger partial charge in [-0.05, 0) is 32.0 Å². The van der Waals surface area contributed by atoms with Crippen LogP contribution in [0.4, 0.5) is 0 Å². The summed E-state index contributed by atoms with van der Waals surface area (Å²) in [5.74, 6) is -0.644. The fourth-order valence-electron chi connectivity index (χ4n) is 3.21. The Balaban J connectivity index is 1.85. The minimum Gasteiger partial charge on any atom is -0.507 e. The van der Waals surface area contributed by atoms with Crippen molar-refractivity contribution in [3.63, 3.8) is 0 Å². The highest BCUT2D eigenvalue weighted by Crippen LogP contribution is 2.25. The summed E-state index contributed by atoms with van der Waals surface area (Å²) in [6.07, 6.45) is 1.53. The first-order chi connectivity index (χ1) is 14.5. The molecule has 0 saturated heterocycles. The molecule has 156 valence electrons. The van der Waals surface area contributed by atoms with E-state index in [0.717, 1.165) is 22.2 Å². The van der Waals surface area contributed by atoms with Crippen LogP contribution in [0.1, 0.15) is 28.5 Å². The monoisotopic (exact) mass is 409 g/mol. The van der Waals surface area contributed by atoms with Crippen LogP contribution in [0.15, 0.2) is 47.6 Å². The second kappa shape index (κ2) is 9.13. The fourth-order valence-corrected chi connectivity index (χ4v) is 3.21. The van der Waals surface area contributed by atoms with Gasteiger partial charge in [0, 0.05) is 28.2 Å². The summed E-state index contributed by atoms with van der Waals surface area (Å²) in [6, 6.07) is 12.0. The molecule has 0 aliphatic rings. The zero-order valence-corrected chi connectivity index (χ0v) is 17.0. The Hall–Kier alpha value is -3.81. The number of hydrazone groups is 1. The number of hydrogen-bond donors (Lipinski definition) is 2. The van der Waals surface area contributed by atoms with Crippen molar-refractivity contribution in [3.8, 4) is 11.5 Å². The summed E-state index contributed by atoms with van der Waals surface area (Å²) in [5.41, 5.74) is 4.95. The van der Waals surface area contributed by atoms with Crippen LogP contribution in [0.5, 0.6) is 11.5 Å². The van der Waals surface area contributed by atoms with Gasteiger partial charge in [-0.25, -0.2) is 5.43 Å². The van der Waals surface area contributed by atoms with E-state index in [2.05, 4.69) is 10.5 Å². The second-order valence-electron chi connectivity index (χ2n) is 6.49. The lowest BCUT2D eigenvalue weighted by molar-refractivity contribution is -0.143. The van der Waals surface area contributed by atoms with E-state index in [9.17, 15) is 14.7 Å². The van der Waals surface area contributed by atoms with Gasteiger partial charge in [0.2, 0.25) is 0 Å². The lowest BCUT2D eigenvalue weighted by Crippen LogP contribution is -2.18. The summed E-state index contributed by atoms with van der Waals surface area (Å²) in [5, 5.41) is 14.9.